The van der Waals surface area contributed by atoms with E-state index in [2.05, 4.69) is 10.8 Å². The van der Waals surface area contributed by atoms with Gasteiger partial charge in [0.25, 0.3) is 0 Å². The summed E-state index contributed by atoms with van der Waals surface area (Å²) in [6, 6.07) is 13.0. The third kappa shape index (κ3) is 4.21. The van der Waals surface area contributed by atoms with Crippen molar-refractivity contribution in [3.8, 4) is 5.75 Å². The van der Waals surface area contributed by atoms with Gasteiger partial charge in [0.1, 0.15) is 5.75 Å². The van der Waals surface area contributed by atoms with Crippen LogP contribution in [0.25, 0.3) is 0 Å². The minimum absolute atomic E-state index is 0.159. The van der Waals surface area contributed by atoms with Crippen molar-refractivity contribution in [3.63, 3.8) is 0 Å². The van der Waals surface area contributed by atoms with Gasteiger partial charge in [0.2, 0.25) is 10.0 Å². The smallest absolute Gasteiger partial charge is 0.240 e. The third-order valence-corrected chi connectivity index (χ3v) is 5.72. The van der Waals surface area contributed by atoms with Gasteiger partial charge in [-0.05, 0) is 48.7 Å². The number of hydrogen-bond acceptors (Lipinski definition) is 4. The van der Waals surface area contributed by atoms with E-state index >= 15 is 0 Å². The molecule has 1 aliphatic heterocycles. The van der Waals surface area contributed by atoms with Crippen LogP contribution in [0.1, 0.15) is 23.6 Å². The molecule has 6 heteroatoms. The summed E-state index contributed by atoms with van der Waals surface area (Å²) in [5.74, 6) is 0.702. The maximum absolute atomic E-state index is 12.5. The van der Waals surface area contributed by atoms with Gasteiger partial charge >= 0.3 is 0 Å². The minimum atomic E-state index is -3.58. The fraction of sp³-hybridized carbons (Fsp3) is 0.368. The molecule has 0 aliphatic carbocycles. The largest absolute Gasteiger partial charge is 0.494 e. The number of hydrogen-bond donors (Lipinski definition) is 1. The van der Waals surface area contributed by atoms with Gasteiger partial charge < -0.3 is 9.47 Å². The Hall–Kier alpha value is -1.89. The third-order valence-electron chi connectivity index (χ3n) is 4.30. The van der Waals surface area contributed by atoms with E-state index in [0.717, 1.165) is 5.56 Å². The van der Waals surface area contributed by atoms with Gasteiger partial charge in [-0.2, -0.15) is 0 Å². The minimum Gasteiger partial charge on any atom is -0.494 e. The van der Waals surface area contributed by atoms with Crippen LogP contribution in [0, 0.1) is 6.92 Å². The van der Waals surface area contributed by atoms with Crippen molar-refractivity contribution in [2.24, 2.45) is 0 Å². The van der Waals surface area contributed by atoms with E-state index in [1.807, 2.05) is 32.0 Å². The van der Waals surface area contributed by atoms with Crippen molar-refractivity contribution >= 4 is 10.0 Å². The number of rotatable bonds is 6. The van der Waals surface area contributed by atoms with Crippen LogP contribution < -0.4 is 9.46 Å². The Balaban J connectivity index is 1.65. The zero-order valence-electron chi connectivity index (χ0n) is 14.5. The number of sulfonamides is 1. The fourth-order valence-corrected chi connectivity index (χ4v) is 4.08. The average Bonchev–Trinajstić information content (AvgIpc) is 2.61. The van der Waals surface area contributed by atoms with Crippen molar-refractivity contribution in [2.75, 3.05) is 13.2 Å². The molecule has 5 nitrogen and oxygen atoms in total. The van der Waals surface area contributed by atoms with E-state index in [9.17, 15) is 8.42 Å². The molecule has 0 spiro atoms. The highest BCUT2D eigenvalue weighted by atomic mass is 32.2. The van der Waals surface area contributed by atoms with Crippen molar-refractivity contribution < 1.29 is 17.9 Å². The Labute approximate surface area is 149 Å². The Kier molecular flexibility index (Phi) is 5.42. The van der Waals surface area contributed by atoms with Crippen molar-refractivity contribution in [1.82, 2.24) is 4.72 Å². The van der Waals surface area contributed by atoms with Gasteiger partial charge in [0.05, 0.1) is 24.2 Å². The Bertz CT molecular complexity index is 848. The molecule has 2 aromatic carbocycles. The second-order valence-electron chi connectivity index (χ2n) is 6.12. The Morgan fingerprint density at radius 3 is 2.68 bits per heavy atom. The molecule has 0 amide bonds. The monoisotopic (exact) mass is 361 g/mol. The molecule has 2 aromatic rings. The summed E-state index contributed by atoms with van der Waals surface area (Å²) in [7, 11) is -3.58. The summed E-state index contributed by atoms with van der Waals surface area (Å²) in [4.78, 5) is 0.240. The summed E-state index contributed by atoms with van der Waals surface area (Å²) < 4.78 is 39.0. The van der Waals surface area contributed by atoms with E-state index < -0.39 is 10.0 Å². The van der Waals surface area contributed by atoms with Crippen LogP contribution in [0.3, 0.4) is 0 Å². The van der Waals surface area contributed by atoms with Crippen molar-refractivity contribution in [1.29, 1.82) is 0 Å². The van der Waals surface area contributed by atoms with Crippen LogP contribution in [0.15, 0.2) is 47.4 Å². The molecular weight excluding hydrogens is 338 g/mol. The van der Waals surface area contributed by atoms with Gasteiger partial charge in [-0.3, -0.25) is 0 Å². The predicted octanol–water partition coefficient (Wildman–Crippen LogP) is 2.81. The van der Waals surface area contributed by atoms with E-state index in [-0.39, 0.29) is 17.5 Å². The molecule has 0 saturated heterocycles. The first-order chi connectivity index (χ1) is 12.0. The lowest BCUT2D eigenvalue weighted by Gasteiger charge is -2.25. The predicted molar refractivity (Wildman–Crippen MR) is 96.3 cm³/mol. The molecule has 0 bridgehead atoms. The summed E-state index contributed by atoms with van der Waals surface area (Å²) in [6.07, 6.45) is 0.551. The van der Waals surface area contributed by atoms with Gasteiger partial charge in [0.15, 0.2) is 0 Å². The quantitative estimate of drug-likeness (QED) is 0.859. The highest BCUT2D eigenvalue weighted by molar-refractivity contribution is 7.89. The molecule has 3 rings (SSSR count). The molecule has 1 unspecified atom stereocenters. The Morgan fingerprint density at radius 1 is 1.20 bits per heavy atom. The highest BCUT2D eigenvalue weighted by Crippen LogP contribution is 2.23. The molecule has 134 valence electrons. The van der Waals surface area contributed by atoms with Gasteiger partial charge in [0, 0.05) is 13.0 Å². The second kappa shape index (κ2) is 7.56. The standard InChI is InChI=1S/C19H23NO4S/c1-3-23-19-9-8-18(10-14(19)2)25(21,22)20-12-17-11-15-6-4-5-7-16(15)13-24-17/h4-10,17,20H,3,11-13H2,1-2H3. The summed E-state index contributed by atoms with van der Waals surface area (Å²) in [5.41, 5.74) is 3.19. The van der Waals surface area contributed by atoms with E-state index in [0.29, 0.717) is 25.4 Å². The van der Waals surface area contributed by atoms with Gasteiger partial charge in [-0.25, -0.2) is 13.1 Å². The summed E-state index contributed by atoms with van der Waals surface area (Å²) in [6.45, 7) is 5.05. The van der Waals surface area contributed by atoms with E-state index in [1.165, 1.54) is 11.1 Å². The van der Waals surface area contributed by atoms with Crippen LogP contribution in [-0.2, 0) is 27.8 Å². The summed E-state index contributed by atoms with van der Waals surface area (Å²) in [5, 5.41) is 0. The molecule has 0 saturated carbocycles. The van der Waals surface area contributed by atoms with E-state index in [4.69, 9.17) is 9.47 Å². The van der Waals surface area contributed by atoms with E-state index in [1.54, 1.807) is 18.2 Å². The van der Waals surface area contributed by atoms with Crippen molar-refractivity contribution in [2.45, 2.75) is 37.9 Å². The lowest BCUT2D eigenvalue weighted by atomic mass is 9.99. The molecule has 0 fully saturated rings. The van der Waals surface area contributed by atoms with Crippen LogP contribution in [0.5, 0.6) is 5.75 Å². The zero-order valence-corrected chi connectivity index (χ0v) is 15.3. The first-order valence-electron chi connectivity index (χ1n) is 8.41. The molecule has 1 atom stereocenters. The normalized spacial score (nSPS) is 17.1. The van der Waals surface area contributed by atoms with Gasteiger partial charge in [-0.15, -0.1) is 0 Å². The topological polar surface area (TPSA) is 64.6 Å². The van der Waals surface area contributed by atoms with Crippen molar-refractivity contribution in [3.05, 3.63) is 59.2 Å². The Morgan fingerprint density at radius 2 is 1.96 bits per heavy atom. The fourth-order valence-electron chi connectivity index (χ4n) is 2.93. The molecule has 1 heterocycles. The van der Waals surface area contributed by atoms with Gasteiger partial charge in [-0.1, -0.05) is 24.3 Å². The number of fused-ring (bicyclic) bond motifs is 1. The molecule has 1 N–H and O–H groups in total. The van der Waals surface area contributed by atoms with Crippen LogP contribution in [-0.4, -0.2) is 27.7 Å². The first kappa shape index (κ1) is 17.9. The lowest BCUT2D eigenvalue weighted by molar-refractivity contribution is 0.0322. The van der Waals surface area contributed by atoms with Crippen LogP contribution >= 0.6 is 0 Å². The number of nitrogens with one attached hydrogen (secondary N) is 1. The number of aryl methyl sites for hydroxylation is 1. The molecule has 0 aromatic heterocycles. The maximum atomic E-state index is 12.5. The lowest BCUT2D eigenvalue weighted by Crippen LogP contribution is -2.36. The van der Waals surface area contributed by atoms with Crippen LogP contribution in [0.4, 0.5) is 0 Å². The average molecular weight is 361 g/mol. The molecule has 25 heavy (non-hydrogen) atoms. The second-order valence-corrected chi connectivity index (χ2v) is 7.89. The number of benzene rings is 2. The zero-order chi connectivity index (χ0) is 17.9. The highest BCUT2D eigenvalue weighted by Gasteiger charge is 2.22. The summed E-state index contributed by atoms with van der Waals surface area (Å²) >= 11 is 0. The molecule has 1 aliphatic rings. The SMILES string of the molecule is CCOc1ccc(S(=O)(=O)NCC2Cc3ccccc3CO2)cc1C. The maximum Gasteiger partial charge on any atom is 0.240 e. The first-order valence-corrected chi connectivity index (χ1v) is 9.89. The van der Waals surface area contributed by atoms with Crippen LogP contribution in [0.2, 0.25) is 0 Å². The number of ether oxygens (including phenoxy) is 2. The molecular formula is C19H23NO4S. The molecule has 0 radical (unpaired) electrons.